The van der Waals surface area contributed by atoms with Crippen molar-refractivity contribution in [2.45, 2.75) is 33.7 Å². The van der Waals surface area contributed by atoms with Gasteiger partial charge in [0.25, 0.3) is 0 Å². The van der Waals surface area contributed by atoms with Gasteiger partial charge in [0.1, 0.15) is 0 Å². The molecule has 2 rings (SSSR count). The van der Waals surface area contributed by atoms with Crippen molar-refractivity contribution in [3.63, 3.8) is 0 Å². The Morgan fingerprint density at radius 2 is 2.00 bits per heavy atom. The Bertz CT molecular complexity index is 534. The van der Waals surface area contributed by atoms with Gasteiger partial charge in [-0.1, -0.05) is 13.8 Å². The third-order valence-corrected chi connectivity index (χ3v) is 4.32. The van der Waals surface area contributed by atoms with Crippen LogP contribution in [0.1, 0.15) is 31.7 Å². The number of carbonyl (C=O) groups excluding carboxylic acids is 2. The maximum Gasteiger partial charge on any atom is 0.235 e. The van der Waals surface area contributed by atoms with Crippen molar-refractivity contribution in [3.8, 4) is 0 Å². The number of imide groups is 1. The molecular formula is C12H16BrN3O2. The Morgan fingerprint density at radius 1 is 1.39 bits per heavy atom. The van der Waals surface area contributed by atoms with E-state index < -0.39 is 5.41 Å². The van der Waals surface area contributed by atoms with Gasteiger partial charge in [-0.25, -0.2) is 0 Å². The average Bonchev–Trinajstić information content (AvgIpc) is 2.59. The molecule has 1 saturated heterocycles. The molecule has 18 heavy (non-hydrogen) atoms. The minimum Gasteiger partial charge on any atom is -0.276 e. The summed E-state index contributed by atoms with van der Waals surface area (Å²) in [4.78, 5) is 25.3. The monoisotopic (exact) mass is 313 g/mol. The van der Waals surface area contributed by atoms with Gasteiger partial charge in [0, 0.05) is 13.5 Å². The standard InChI is InChI=1S/C12H16BrN3O2/c1-7-10(13)8(15(4)14-7)6-16-9(17)5-12(2,3)11(16)18/h5-6H2,1-4H3. The van der Waals surface area contributed by atoms with Crippen LogP contribution < -0.4 is 0 Å². The van der Waals surface area contributed by atoms with Crippen LogP contribution in [0, 0.1) is 12.3 Å². The molecule has 0 bridgehead atoms. The lowest BCUT2D eigenvalue weighted by atomic mass is 9.92. The highest BCUT2D eigenvalue weighted by molar-refractivity contribution is 9.10. The Labute approximate surface area is 114 Å². The summed E-state index contributed by atoms with van der Waals surface area (Å²) < 4.78 is 2.56. The van der Waals surface area contributed by atoms with Crippen LogP contribution in [0.2, 0.25) is 0 Å². The number of hydrogen-bond donors (Lipinski definition) is 0. The van der Waals surface area contributed by atoms with Gasteiger partial charge in [-0.3, -0.25) is 19.2 Å². The van der Waals surface area contributed by atoms with Crippen LogP contribution in [0.3, 0.4) is 0 Å². The molecular weight excluding hydrogens is 298 g/mol. The van der Waals surface area contributed by atoms with Crippen LogP contribution in [0.15, 0.2) is 4.47 Å². The molecule has 0 aromatic carbocycles. The summed E-state index contributed by atoms with van der Waals surface area (Å²) >= 11 is 3.44. The number of amides is 2. The fraction of sp³-hybridized carbons (Fsp3) is 0.583. The smallest absolute Gasteiger partial charge is 0.235 e. The molecule has 0 unspecified atom stereocenters. The fourth-order valence-corrected chi connectivity index (χ4v) is 2.65. The number of nitrogens with zero attached hydrogens (tertiary/aromatic N) is 3. The third-order valence-electron chi connectivity index (χ3n) is 3.29. The predicted molar refractivity (Wildman–Crippen MR) is 69.6 cm³/mol. The summed E-state index contributed by atoms with van der Waals surface area (Å²) in [6, 6.07) is 0. The summed E-state index contributed by atoms with van der Waals surface area (Å²) in [7, 11) is 1.81. The number of likely N-dealkylation sites (tertiary alicyclic amines) is 1. The first-order chi connectivity index (χ1) is 8.24. The molecule has 0 atom stereocenters. The first kappa shape index (κ1) is 13.3. The summed E-state index contributed by atoms with van der Waals surface area (Å²) in [5, 5.41) is 4.26. The number of halogens is 1. The van der Waals surface area contributed by atoms with Gasteiger partial charge in [-0.15, -0.1) is 0 Å². The van der Waals surface area contributed by atoms with Crippen molar-refractivity contribution >= 4 is 27.7 Å². The van der Waals surface area contributed by atoms with E-state index in [0.717, 1.165) is 15.9 Å². The zero-order valence-electron chi connectivity index (χ0n) is 11.0. The van der Waals surface area contributed by atoms with E-state index in [9.17, 15) is 9.59 Å². The van der Waals surface area contributed by atoms with Gasteiger partial charge >= 0.3 is 0 Å². The Hall–Kier alpha value is -1.17. The van der Waals surface area contributed by atoms with Crippen LogP contribution >= 0.6 is 15.9 Å². The highest BCUT2D eigenvalue weighted by Crippen LogP contribution is 2.33. The van der Waals surface area contributed by atoms with Crippen molar-refractivity contribution in [3.05, 3.63) is 15.9 Å². The van der Waals surface area contributed by atoms with Gasteiger partial charge in [0.05, 0.1) is 27.8 Å². The van der Waals surface area contributed by atoms with Crippen molar-refractivity contribution < 1.29 is 9.59 Å². The fourth-order valence-electron chi connectivity index (χ4n) is 2.19. The topological polar surface area (TPSA) is 55.2 Å². The SMILES string of the molecule is Cc1nn(C)c(CN2C(=O)CC(C)(C)C2=O)c1Br. The van der Waals surface area contributed by atoms with E-state index in [4.69, 9.17) is 0 Å². The molecule has 0 radical (unpaired) electrons. The largest absolute Gasteiger partial charge is 0.276 e. The van der Waals surface area contributed by atoms with E-state index in [1.807, 2.05) is 14.0 Å². The molecule has 5 nitrogen and oxygen atoms in total. The maximum atomic E-state index is 12.1. The lowest BCUT2D eigenvalue weighted by molar-refractivity contribution is -0.141. The molecule has 1 aromatic heterocycles. The summed E-state index contributed by atoms with van der Waals surface area (Å²) in [5.74, 6) is -0.228. The van der Waals surface area contributed by atoms with E-state index in [-0.39, 0.29) is 24.8 Å². The number of aromatic nitrogens is 2. The number of carbonyl (C=O) groups is 2. The molecule has 1 fully saturated rings. The molecule has 1 aliphatic rings. The Kier molecular flexibility index (Phi) is 3.09. The lowest BCUT2D eigenvalue weighted by Gasteiger charge is -2.18. The Balaban J connectivity index is 2.30. The van der Waals surface area contributed by atoms with E-state index in [1.165, 1.54) is 4.90 Å². The van der Waals surface area contributed by atoms with Gasteiger partial charge in [-0.05, 0) is 22.9 Å². The summed E-state index contributed by atoms with van der Waals surface area (Å²) in [6.07, 6.45) is 0.278. The van der Waals surface area contributed by atoms with E-state index in [0.29, 0.717) is 0 Å². The molecule has 0 spiro atoms. The second-order valence-electron chi connectivity index (χ2n) is 5.32. The maximum absolute atomic E-state index is 12.1. The summed E-state index contributed by atoms with van der Waals surface area (Å²) in [6.45, 7) is 5.76. The van der Waals surface area contributed by atoms with E-state index >= 15 is 0 Å². The molecule has 98 valence electrons. The van der Waals surface area contributed by atoms with Crippen LogP contribution in [-0.4, -0.2) is 26.5 Å². The molecule has 1 aromatic rings. The molecule has 2 amide bonds. The second kappa shape index (κ2) is 4.19. The van der Waals surface area contributed by atoms with E-state index in [2.05, 4.69) is 21.0 Å². The molecule has 6 heteroatoms. The molecule has 0 aliphatic carbocycles. The van der Waals surface area contributed by atoms with Crippen LogP contribution in [-0.2, 0) is 23.2 Å². The third kappa shape index (κ3) is 1.98. The van der Waals surface area contributed by atoms with Crippen LogP contribution in [0.5, 0.6) is 0 Å². The van der Waals surface area contributed by atoms with E-state index in [1.54, 1.807) is 18.5 Å². The van der Waals surface area contributed by atoms with Crippen LogP contribution in [0.4, 0.5) is 0 Å². The van der Waals surface area contributed by atoms with Crippen molar-refractivity contribution in [1.82, 2.24) is 14.7 Å². The minimum absolute atomic E-state index is 0.113. The van der Waals surface area contributed by atoms with Crippen molar-refractivity contribution in [2.75, 3.05) is 0 Å². The molecule has 2 heterocycles. The quantitative estimate of drug-likeness (QED) is 0.782. The zero-order chi connectivity index (χ0) is 13.7. The van der Waals surface area contributed by atoms with Gasteiger partial charge < -0.3 is 0 Å². The van der Waals surface area contributed by atoms with Gasteiger partial charge in [0.15, 0.2) is 0 Å². The first-order valence-corrected chi connectivity index (χ1v) is 6.56. The molecule has 0 N–H and O–H groups in total. The first-order valence-electron chi connectivity index (χ1n) is 5.77. The van der Waals surface area contributed by atoms with Gasteiger partial charge in [-0.2, -0.15) is 5.10 Å². The summed E-state index contributed by atoms with van der Waals surface area (Å²) in [5.41, 5.74) is 1.11. The average molecular weight is 314 g/mol. The van der Waals surface area contributed by atoms with Crippen molar-refractivity contribution in [2.24, 2.45) is 12.5 Å². The normalized spacial score (nSPS) is 18.8. The molecule has 0 saturated carbocycles. The van der Waals surface area contributed by atoms with Crippen molar-refractivity contribution in [1.29, 1.82) is 0 Å². The van der Waals surface area contributed by atoms with Gasteiger partial charge in [0.2, 0.25) is 11.8 Å². The number of hydrogen-bond acceptors (Lipinski definition) is 3. The highest BCUT2D eigenvalue weighted by atomic mass is 79.9. The van der Waals surface area contributed by atoms with Crippen LogP contribution in [0.25, 0.3) is 0 Å². The lowest BCUT2D eigenvalue weighted by Crippen LogP contribution is -2.33. The second-order valence-corrected chi connectivity index (χ2v) is 6.11. The number of rotatable bonds is 2. The zero-order valence-corrected chi connectivity index (χ0v) is 12.5. The highest BCUT2D eigenvalue weighted by Gasteiger charge is 2.45. The molecule has 1 aliphatic heterocycles. The Morgan fingerprint density at radius 3 is 2.39 bits per heavy atom. The predicted octanol–water partition coefficient (Wildman–Crippen LogP) is 1.78. The minimum atomic E-state index is -0.586. The number of aryl methyl sites for hydroxylation is 2.